The van der Waals surface area contributed by atoms with Crippen LogP contribution in [0.15, 0.2) is 90.3 Å². The zero-order chi connectivity index (χ0) is 25.0. The summed E-state index contributed by atoms with van der Waals surface area (Å²) in [5.41, 5.74) is 2.91. The summed E-state index contributed by atoms with van der Waals surface area (Å²) in [7, 11) is -4.07. The van der Waals surface area contributed by atoms with E-state index in [1.165, 1.54) is 30.3 Å². The van der Waals surface area contributed by atoms with E-state index in [1.807, 2.05) is 42.0 Å². The molecule has 1 N–H and O–H groups in total. The second-order valence-electron chi connectivity index (χ2n) is 7.87. The second-order valence-corrected chi connectivity index (χ2v) is 10.6. The lowest BCUT2D eigenvalue weighted by molar-refractivity contribution is -0.119. The highest BCUT2D eigenvalue weighted by Crippen LogP contribution is 2.29. The molecule has 0 aliphatic rings. The third kappa shape index (κ3) is 6.03. The molecule has 1 aromatic heterocycles. The topological polar surface area (TPSA) is 84.3 Å². The molecule has 35 heavy (non-hydrogen) atoms. The van der Waals surface area contributed by atoms with Gasteiger partial charge >= 0.3 is 0 Å². The molecule has 3 aromatic carbocycles. The monoisotopic (exact) mass is 528 g/mol. The predicted molar refractivity (Wildman–Crippen MR) is 138 cm³/mol. The standard InChI is InChI=1S/C25H22Cl2N4O3S/c1-18-2-8-24(9-3-18)35(33,34)31(23-13-20(26)12-21(27)14-23)16-25(32)29-15-19-4-6-22(7-5-19)30-11-10-28-17-30/h2-14,17H,15-16H2,1H3,(H,29,32). The second kappa shape index (κ2) is 10.5. The minimum Gasteiger partial charge on any atom is -0.350 e. The van der Waals surface area contributed by atoms with Crippen molar-refractivity contribution in [3.8, 4) is 5.69 Å². The maximum absolute atomic E-state index is 13.5. The predicted octanol–water partition coefficient (Wildman–Crippen LogP) is 5.00. The third-order valence-electron chi connectivity index (χ3n) is 5.26. The summed E-state index contributed by atoms with van der Waals surface area (Å²) in [6.07, 6.45) is 5.22. The summed E-state index contributed by atoms with van der Waals surface area (Å²) in [5, 5.41) is 3.30. The minimum absolute atomic E-state index is 0.0575. The Balaban J connectivity index is 1.53. The minimum atomic E-state index is -4.07. The van der Waals surface area contributed by atoms with Gasteiger partial charge in [0.1, 0.15) is 6.54 Å². The van der Waals surface area contributed by atoms with Crippen molar-refractivity contribution in [3.05, 3.63) is 107 Å². The summed E-state index contributed by atoms with van der Waals surface area (Å²) in [6, 6.07) is 18.4. The average Bonchev–Trinajstić information content (AvgIpc) is 3.36. The van der Waals surface area contributed by atoms with Gasteiger partial charge in [-0.15, -0.1) is 0 Å². The highest BCUT2D eigenvalue weighted by atomic mass is 35.5. The number of sulfonamides is 1. The van der Waals surface area contributed by atoms with Gasteiger partial charge < -0.3 is 9.88 Å². The van der Waals surface area contributed by atoms with Crippen molar-refractivity contribution in [3.63, 3.8) is 0 Å². The molecule has 0 aliphatic heterocycles. The summed E-state index contributed by atoms with van der Waals surface area (Å²) < 4.78 is 29.8. The Morgan fingerprint density at radius 1 is 1.00 bits per heavy atom. The SMILES string of the molecule is Cc1ccc(S(=O)(=O)N(CC(=O)NCc2ccc(-n3ccnc3)cc2)c2cc(Cl)cc(Cl)c2)cc1. The Kier molecular flexibility index (Phi) is 7.45. The van der Waals surface area contributed by atoms with Crippen LogP contribution >= 0.6 is 23.2 Å². The molecular formula is C25H22Cl2N4O3S. The zero-order valence-electron chi connectivity index (χ0n) is 18.7. The van der Waals surface area contributed by atoms with E-state index in [9.17, 15) is 13.2 Å². The van der Waals surface area contributed by atoms with E-state index in [0.717, 1.165) is 21.1 Å². The molecule has 0 radical (unpaired) electrons. The number of halogens is 2. The smallest absolute Gasteiger partial charge is 0.264 e. The van der Waals surface area contributed by atoms with Crippen molar-refractivity contribution in [2.75, 3.05) is 10.8 Å². The number of aryl methyl sites for hydroxylation is 1. The van der Waals surface area contributed by atoms with Crippen LogP contribution in [0.4, 0.5) is 5.69 Å². The quantitative estimate of drug-likeness (QED) is 0.348. The van der Waals surface area contributed by atoms with Crippen LogP contribution < -0.4 is 9.62 Å². The molecule has 4 rings (SSSR count). The molecule has 0 saturated carbocycles. The number of nitrogens with zero attached hydrogens (tertiary/aromatic N) is 3. The average molecular weight is 529 g/mol. The fourth-order valence-electron chi connectivity index (χ4n) is 3.42. The fraction of sp³-hybridized carbons (Fsp3) is 0.120. The van der Waals surface area contributed by atoms with E-state index in [0.29, 0.717) is 0 Å². The van der Waals surface area contributed by atoms with Crippen LogP contribution in [-0.2, 0) is 21.4 Å². The van der Waals surface area contributed by atoms with Crippen LogP contribution in [0.3, 0.4) is 0 Å². The van der Waals surface area contributed by atoms with Gasteiger partial charge in [-0.05, 0) is 55.0 Å². The third-order valence-corrected chi connectivity index (χ3v) is 7.48. The van der Waals surface area contributed by atoms with Gasteiger partial charge in [0.15, 0.2) is 0 Å². The van der Waals surface area contributed by atoms with Crippen LogP contribution in [0.5, 0.6) is 0 Å². The van der Waals surface area contributed by atoms with Crippen LogP contribution in [-0.4, -0.2) is 30.4 Å². The Morgan fingerprint density at radius 2 is 1.66 bits per heavy atom. The Morgan fingerprint density at radius 3 is 2.26 bits per heavy atom. The summed E-state index contributed by atoms with van der Waals surface area (Å²) in [5.74, 6) is -0.476. The van der Waals surface area contributed by atoms with Crippen molar-refractivity contribution < 1.29 is 13.2 Å². The number of rotatable bonds is 8. The molecule has 180 valence electrons. The summed E-state index contributed by atoms with van der Waals surface area (Å²) in [6.45, 7) is 1.65. The number of aromatic nitrogens is 2. The van der Waals surface area contributed by atoms with Gasteiger partial charge in [-0.3, -0.25) is 9.10 Å². The van der Waals surface area contributed by atoms with Gasteiger partial charge in [0, 0.05) is 34.7 Å². The highest BCUT2D eigenvalue weighted by molar-refractivity contribution is 7.92. The molecule has 10 heteroatoms. The number of anilines is 1. The van der Waals surface area contributed by atoms with Crippen LogP contribution in [0.1, 0.15) is 11.1 Å². The Bertz CT molecular complexity index is 1400. The van der Waals surface area contributed by atoms with E-state index < -0.39 is 22.5 Å². The van der Waals surface area contributed by atoms with Gasteiger partial charge in [-0.2, -0.15) is 0 Å². The molecule has 0 saturated heterocycles. The number of benzene rings is 3. The van der Waals surface area contributed by atoms with Crippen LogP contribution in [0.2, 0.25) is 10.0 Å². The number of amides is 1. The number of carbonyl (C=O) groups excluding carboxylic acids is 1. The Hall–Kier alpha value is -3.33. The molecule has 1 heterocycles. The molecule has 0 spiro atoms. The largest absolute Gasteiger partial charge is 0.350 e. The molecule has 1 amide bonds. The van der Waals surface area contributed by atoms with E-state index in [-0.39, 0.29) is 27.2 Å². The van der Waals surface area contributed by atoms with E-state index >= 15 is 0 Å². The number of hydrogen-bond donors (Lipinski definition) is 1. The summed E-state index contributed by atoms with van der Waals surface area (Å²) in [4.78, 5) is 16.9. The molecular weight excluding hydrogens is 507 g/mol. The molecule has 4 aromatic rings. The van der Waals surface area contributed by atoms with Gasteiger partial charge in [0.05, 0.1) is 16.9 Å². The van der Waals surface area contributed by atoms with Gasteiger partial charge in [-0.1, -0.05) is 53.0 Å². The van der Waals surface area contributed by atoms with Gasteiger partial charge in [0.2, 0.25) is 5.91 Å². The van der Waals surface area contributed by atoms with Crippen molar-refractivity contribution >= 4 is 44.8 Å². The van der Waals surface area contributed by atoms with E-state index in [2.05, 4.69) is 10.3 Å². The van der Waals surface area contributed by atoms with E-state index in [4.69, 9.17) is 23.2 Å². The van der Waals surface area contributed by atoms with Gasteiger partial charge in [-0.25, -0.2) is 13.4 Å². The Labute approximate surface area is 214 Å². The number of imidazole rings is 1. The number of hydrogen-bond acceptors (Lipinski definition) is 4. The molecule has 0 unspecified atom stereocenters. The first-order valence-electron chi connectivity index (χ1n) is 10.6. The normalized spacial score (nSPS) is 11.3. The molecule has 0 aliphatic carbocycles. The lowest BCUT2D eigenvalue weighted by atomic mass is 10.2. The highest BCUT2D eigenvalue weighted by Gasteiger charge is 2.27. The maximum Gasteiger partial charge on any atom is 0.264 e. The van der Waals surface area contributed by atoms with Crippen molar-refractivity contribution in [2.45, 2.75) is 18.4 Å². The van der Waals surface area contributed by atoms with Gasteiger partial charge in [0.25, 0.3) is 10.0 Å². The first kappa shape index (κ1) is 24.8. The first-order valence-corrected chi connectivity index (χ1v) is 12.8. The zero-order valence-corrected chi connectivity index (χ0v) is 21.1. The van der Waals surface area contributed by atoms with Crippen molar-refractivity contribution in [1.29, 1.82) is 0 Å². The maximum atomic E-state index is 13.5. The van der Waals surface area contributed by atoms with Crippen LogP contribution in [0.25, 0.3) is 5.69 Å². The van der Waals surface area contributed by atoms with Crippen molar-refractivity contribution in [2.24, 2.45) is 0 Å². The molecule has 0 bridgehead atoms. The first-order chi connectivity index (χ1) is 16.7. The summed E-state index contributed by atoms with van der Waals surface area (Å²) >= 11 is 12.3. The fourth-order valence-corrected chi connectivity index (χ4v) is 5.34. The molecule has 0 atom stereocenters. The number of nitrogens with one attached hydrogen (secondary N) is 1. The van der Waals surface area contributed by atoms with Crippen molar-refractivity contribution in [1.82, 2.24) is 14.9 Å². The lowest BCUT2D eigenvalue weighted by Gasteiger charge is -2.24. The number of carbonyl (C=O) groups is 1. The lowest BCUT2D eigenvalue weighted by Crippen LogP contribution is -2.40. The molecule has 0 fully saturated rings. The van der Waals surface area contributed by atoms with Crippen LogP contribution in [0, 0.1) is 6.92 Å². The van der Waals surface area contributed by atoms with E-state index in [1.54, 1.807) is 24.7 Å². The molecule has 7 nitrogen and oxygen atoms in total.